The maximum atomic E-state index is 11.7. The van der Waals surface area contributed by atoms with Gasteiger partial charge in [-0.3, -0.25) is 4.90 Å². The Hall–Kier alpha value is -1.30. The second kappa shape index (κ2) is 6.04. The summed E-state index contributed by atoms with van der Waals surface area (Å²) in [7, 11) is 0. The molecule has 1 rings (SSSR count). The fraction of sp³-hybridized carbons (Fsp3) is 0.833. The molecule has 1 aliphatic rings. The molecule has 18 heavy (non-hydrogen) atoms. The fourth-order valence-electron chi connectivity index (χ4n) is 1.49. The molecule has 0 N–H and O–H groups in total. The first kappa shape index (κ1) is 14.8. The molecule has 0 aromatic heterocycles. The molecule has 1 fully saturated rings. The van der Waals surface area contributed by atoms with Gasteiger partial charge in [0.05, 0.1) is 6.61 Å². The predicted octanol–water partition coefficient (Wildman–Crippen LogP) is 1.53. The summed E-state index contributed by atoms with van der Waals surface area (Å²) >= 11 is 0. The largest absolute Gasteiger partial charge is 0.464 e. The zero-order valence-corrected chi connectivity index (χ0v) is 11.4. The van der Waals surface area contributed by atoms with Crippen LogP contribution in [0.3, 0.4) is 0 Å². The van der Waals surface area contributed by atoms with Gasteiger partial charge in [-0.05, 0) is 27.7 Å². The van der Waals surface area contributed by atoms with E-state index in [-0.39, 0.29) is 12.7 Å². The van der Waals surface area contributed by atoms with E-state index in [2.05, 4.69) is 0 Å². The van der Waals surface area contributed by atoms with Crippen molar-refractivity contribution in [3.8, 4) is 0 Å². The minimum atomic E-state index is -0.580. The number of amides is 1. The highest BCUT2D eigenvalue weighted by Crippen LogP contribution is 2.15. The molecule has 1 saturated heterocycles. The van der Waals surface area contributed by atoms with Crippen LogP contribution in [0.15, 0.2) is 0 Å². The second-order valence-electron chi connectivity index (χ2n) is 5.07. The number of nitrogens with zero attached hydrogens (tertiary/aromatic N) is 1. The van der Waals surface area contributed by atoms with Gasteiger partial charge in [0.25, 0.3) is 0 Å². The van der Waals surface area contributed by atoms with Crippen molar-refractivity contribution in [2.75, 3.05) is 19.9 Å². The van der Waals surface area contributed by atoms with Crippen molar-refractivity contribution in [3.63, 3.8) is 0 Å². The first-order chi connectivity index (χ1) is 8.33. The molecular formula is C12H21NO5. The molecule has 104 valence electrons. The van der Waals surface area contributed by atoms with Crippen LogP contribution in [0, 0.1) is 0 Å². The van der Waals surface area contributed by atoms with Crippen LogP contribution in [0.4, 0.5) is 4.79 Å². The molecule has 0 bridgehead atoms. The Bertz CT molecular complexity index is 302. The summed E-state index contributed by atoms with van der Waals surface area (Å²) in [5.74, 6) is -0.374. The molecule has 1 aliphatic heterocycles. The van der Waals surface area contributed by atoms with Crippen molar-refractivity contribution in [1.82, 2.24) is 4.90 Å². The first-order valence-corrected chi connectivity index (χ1v) is 6.09. The van der Waals surface area contributed by atoms with Crippen molar-refractivity contribution < 1.29 is 23.8 Å². The molecule has 1 heterocycles. The van der Waals surface area contributed by atoms with Crippen molar-refractivity contribution in [2.45, 2.75) is 45.8 Å². The van der Waals surface area contributed by atoms with Gasteiger partial charge < -0.3 is 14.2 Å². The molecular weight excluding hydrogens is 238 g/mol. The SMILES string of the molecule is CCOC(=O)C1CCN(C(=O)OC(C)(C)C)CO1. The number of hydrogen-bond acceptors (Lipinski definition) is 5. The van der Waals surface area contributed by atoms with Gasteiger partial charge in [-0.25, -0.2) is 9.59 Å². The van der Waals surface area contributed by atoms with Crippen LogP contribution in [0.1, 0.15) is 34.1 Å². The van der Waals surface area contributed by atoms with E-state index in [9.17, 15) is 9.59 Å². The molecule has 6 nitrogen and oxygen atoms in total. The van der Waals surface area contributed by atoms with Crippen LogP contribution in [0.2, 0.25) is 0 Å². The van der Waals surface area contributed by atoms with Crippen molar-refractivity contribution in [2.24, 2.45) is 0 Å². The average molecular weight is 259 g/mol. The zero-order valence-electron chi connectivity index (χ0n) is 11.4. The van der Waals surface area contributed by atoms with Gasteiger partial charge in [0.2, 0.25) is 0 Å². The summed E-state index contributed by atoms with van der Waals surface area (Å²) in [6.07, 6.45) is -0.577. The van der Waals surface area contributed by atoms with Gasteiger partial charge >= 0.3 is 12.1 Å². The van der Waals surface area contributed by atoms with Gasteiger partial charge in [-0.2, -0.15) is 0 Å². The third-order valence-corrected chi connectivity index (χ3v) is 2.29. The molecule has 0 aliphatic carbocycles. The van der Waals surface area contributed by atoms with E-state index in [1.54, 1.807) is 27.7 Å². The Morgan fingerprint density at radius 3 is 2.50 bits per heavy atom. The third-order valence-electron chi connectivity index (χ3n) is 2.29. The van der Waals surface area contributed by atoms with Gasteiger partial charge in [-0.1, -0.05) is 0 Å². The average Bonchev–Trinajstić information content (AvgIpc) is 2.27. The van der Waals surface area contributed by atoms with E-state index in [0.29, 0.717) is 19.6 Å². The van der Waals surface area contributed by atoms with Crippen LogP contribution in [-0.2, 0) is 19.0 Å². The van der Waals surface area contributed by atoms with E-state index in [1.807, 2.05) is 0 Å². The molecule has 1 unspecified atom stereocenters. The number of hydrogen-bond donors (Lipinski definition) is 0. The van der Waals surface area contributed by atoms with Crippen molar-refractivity contribution >= 4 is 12.1 Å². The number of carbonyl (C=O) groups is 2. The third kappa shape index (κ3) is 4.52. The standard InChI is InChI=1S/C12H21NO5/c1-5-16-10(14)9-6-7-13(8-17-9)11(15)18-12(2,3)4/h9H,5-8H2,1-4H3. The molecule has 0 aromatic carbocycles. The molecule has 0 spiro atoms. The lowest BCUT2D eigenvalue weighted by Crippen LogP contribution is -2.46. The van der Waals surface area contributed by atoms with Crippen LogP contribution >= 0.6 is 0 Å². The zero-order chi connectivity index (χ0) is 13.8. The van der Waals surface area contributed by atoms with Gasteiger partial charge in [-0.15, -0.1) is 0 Å². The van der Waals surface area contributed by atoms with E-state index in [1.165, 1.54) is 4.90 Å². The minimum Gasteiger partial charge on any atom is -0.464 e. The lowest BCUT2D eigenvalue weighted by Gasteiger charge is -2.32. The van der Waals surface area contributed by atoms with Crippen LogP contribution in [-0.4, -0.2) is 48.5 Å². The van der Waals surface area contributed by atoms with Crippen LogP contribution < -0.4 is 0 Å². The minimum absolute atomic E-state index is 0.0540. The highest BCUT2D eigenvalue weighted by molar-refractivity contribution is 5.75. The first-order valence-electron chi connectivity index (χ1n) is 6.09. The predicted molar refractivity (Wildman–Crippen MR) is 63.9 cm³/mol. The molecule has 6 heteroatoms. The fourth-order valence-corrected chi connectivity index (χ4v) is 1.49. The molecule has 1 atom stereocenters. The second-order valence-corrected chi connectivity index (χ2v) is 5.07. The van der Waals surface area contributed by atoms with Gasteiger partial charge in [0.1, 0.15) is 12.3 Å². The molecule has 0 saturated carbocycles. The Morgan fingerprint density at radius 1 is 1.39 bits per heavy atom. The maximum Gasteiger partial charge on any atom is 0.412 e. The molecule has 1 amide bonds. The highest BCUT2D eigenvalue weighted by atomic mass is 16.6. The summed E-state index contributed by atoms with van der Waals surface area (Å²) in [6, 6.07) is 0. The molecule has 0 radical (unpaired) electrons. The summed E-state index contributed by atoms with van der Waals surface area (Å²) in [6.45, 7) is 7.96. The van der Waals surface area contributed by atoms with E-state index in [0.717, 1.165) is 0 Å². The van der Waals surface area contributed by atoms with E-state index in [4.69, 9.17) is 14.2 Å². The topological polar surface area (TPSA) is 65.1 Å². The number of rotatable bonds is 2. The van der Waals surface area contributed by atoms with Crippen LogP contribution in [0.25, 0.3) is 0 Å². The van der Waals surface area contributed by atoms with Crippen molar-refractivity contribution in [3.05, 3.63) is 0 Å². The number of ether oxygens (including phenoxy) is 3. The van der Waals surface area contributed by atoms with E-state index < -0.39 is 17.8 Å². The monoisotopic (exact) mass is 259 g/mol. The normalized spacial score (nSPS) is 20.4. The maximum absolute atomic E-state index is 11.7. The summed E-state index contributed by atoms with van der Waals surface area (Å²) in [4.78, 5) is 24.6. The lowest BCUT2D eigenvalue weighted by molar-refractivity contribution is -0.165. The van der Waals surface area contributed by atoms with E-state index >= 15 is 0 Å². The Kier molecular flexibility index (Phi) is 4.95. The Balaban J connectivity index is 2.39. The smallest absolute Gasteiger partial charge is 0.412 e. The summed E-state index contributed by atoms with van der Waals surface area (Å²) in [5, 5.41) is 0. The Morgan fingerprint density at radius 2 is 2.06 bits per heavy atom. The molecule has 0 aromatic rings. The highest BCUT2D eigenvalue weighted by Gasteiger charge is 2.31. The summed E-state index contributed by atoms with van der Waals surface area (Å²) < 4.78 is 15.4. The summed E-state index contributed by atoms with van der Waals surface area (Å²) in [5.41, 5.74) is -0.533. The van der Waals surface area contributed by atoms with Crippen molar-refractivity contribution in [1.29, 1.82) is 0 Å². The van der Waals surface area contributed by atoms with Gasteiger partial charge in [0.15, 0.2) is 6.10 Å². The quantitative estimate of drug-likeness (QED) is 0.704. The lowest BCUT2D eigenvalue weighted by atomic mass is 10.2. The van der Waals surface area contributed by atoms with Gasteiger partial charge in [0, 0.05) is 13.0 Å². The number of esters is 1. The van der Waals surface area contributed by atoms with Crippen LogP contribution in [0.5, 0.6) is 0 Å². The Labute approximate surface area is 107 Å². The number of carbonyl (C=O) groups excluding carboxylic acids is 2.